The Morgan fingerprint density at radius 3 is 2.17 bits per heavy atom. The van der Waals surface area contributed by atoms with Gasteiger partial charge in [0.25, 0.3) is 0 Å². The molecule has 0 bridgehead atoms. The van der Waals surface area contributed by atoms with Crippen LogP contribution >= 0.6 is 11.6 Å². The smallest absolute Gasteiger partial charge is 0.238 e. The van der Waals surface area contributed by atoms with Crippen LogP contribution in [-0.2, 0) is 4.79 Å². The first-order valence-electron chi connectivity index (χ1n) is 8.23. The van der Waals surface area contributed by atoms with Gasteiger partial charge in [0.2, 0.25) is 5.91 Å². The molecule has 2 aromatic rings. The van der Waals surface area contributed by atoms with Crippen molar-refractivity contribution in [1.82, 2.24) is 5.32 Å². The maximum Gasteiger partial charge on any atom is 0.238 e. The van der Waals surface area contributed by atoms with E-state index < -0.39 is 0 Å². The highest BCUT2D eigenvalue weighted by Gasteiger charge is 2.17. The van der Waals surface area contributed by atoms with E-state index in [1.807, 2.05) is 56.3 Å². The molecule has 0 saturated carbocycles. The van der Waals surface area contributed by atoms with E-state index in [9.17, 15) is 4.79 Å². The number of hydrogen-bond donors (Lipinski definition) is 2. The molecule has 0 aliphatic carbocycles. The summed E-state index contributed by atoms with van der Waals surface area (Å²) in [6.07, 6.45) is 0. The van der Waals surface area contributed by atoms with E-state index in [1.54, 1.807) is 0 Å². The second kappa shape index (κ2) is 8.32. The van der Waals surface area contributed by atoms with Crippen molar-refractivity contribution in [2.24, 2.45) is 5.92 Å². The minimum atomic E-state index is -0.0352. The summed E-state index contributed by atoms with van der Waals surface area (Å²) in [6.45, 7) is 8.53. The van der Waals surface area contributed by atoms with Crippen LogP contribution in [0, 0.1) is 19.8 Å². The molecule has 0 saturated heterocycles. The molecule has 24 heavy (non-hydrogen) atoms. The normalized spacial score (nSPS) is 12.2. The lowest BCUT2D eigenvalue weighted by atomic mass is 9.96. The summed E-state index contributed by atoms with van der Waals surface area (Å²) < 4.78 is 0. The predicted molar refractivity (Wildman–Crippen MR) is 102 cm³/mol. The second-order valence-electron chi connectivity index (χ2n) is 6.47. The standard InChI is InChI=1S/C20H25ClN2O/c1-13(2)19(16-8-10-17(21)11-9-16)22-12-18(24)23-20-14(3)6-5-7-15(20)4/h5-11,13,19,22H,12H2,1-4H3,(H,23,24). The summed E-state index contributed by atoms with van der Waals surface area (Å²) in [5.74, 6) is 0.325. The van der Waals surface area contributed by atoms with Gasteiger partial charge in [-0.2, -0.15) is 0 Å². The monoisotopic (exact) mass is 344 g/mol. The molecule has 1 amide bonds. The minimum absolute atomic E-state index is 0.0352. The van der Waals surface area contributed by atoms with Crippen LogP contribution in [0.25, 0.3) is 0 Å². The summed E-state index contributed by atoms with van der Waals surface area (Å²) in [4.78, 5) is 12.3. The number of anilines is 1. The van der Waals surface area contributed by atoms with Gasteiger partial charge in [-0.15, -0.1) is 0 Å². The first-order chi connectivity index (χ1) is 11.4. The van der Waals surface area contributed by atoms with E-state index in [1.165, 1.54) is 0 Å². The van der Waals surface area contributed by atoms with Crippen LogP contribution < -0.4 is 10.6 Å². The molecule has 1 atom stereocenters. The Balaban J connectivity index is 2.01. The van der Waals surface area contributed by atoms with Crippen LogP contribution in [-0.4, -0.2) is 12.5 Å². The van der Waals surface area contributed by atoms with Gasteiger partial charge in [-0.05, 0) is 48.6 Å². The van der Waals surface area contributed by atoms with Crippen molar-refractivity contribution < 1.29 is 4.79 Å². The van der Waals surface area contributed by atoms with E-state index in [0.717, 1.165) is 22.4 Å². The molecule has 0 fully saturated rings. The van der Waals surface area contributed by atoms with E-state index in [0.29, 0.717) is 10.9 Å². The van der Waals surface area contributed by atoms with Crippen LogP contribution in [0.5, 0.6) is 0 Å². The summed E-state index contributed by atoms with van der Waals surface area (Å²) in [6, 6.07) is 13.9. The summed E-state index contributed by atoms with van der Waals surface area (Å²) in [5, 5.41) is 7.09. The number of benzene rings is 2. The predicted octanol–water partition coefficient (Wildman–Crippen LogP) is 4.88. The quantitative estimate of drug-likeness (QED) is 0.784. The van der Waals surface area contributed by atoms with Gasteiger partial charge in [-0.25, -0.2) is 0 Å². The van der Waals surface area contributed by atoms with Gasteiger partial charge in [-0.3, -0.25) is 4.79 Å². The summed E-state index contributed by atoms with van der Waals surface area (Å²) in [7, 11) is 0. The van der Waals surface area contributed by atoms with Gasteiger partial charge in [0.15, 0.2) is 0 Å². The molecule has 2 N–H and O–H groups in total. The van der Waals surface area contributed by atoms with Crippen LogP contribution in [0.2, 0.25) is 5.02 Å². The maximum absolute atomic E-state index is 12.3. The van der Waals surface area contributed by atoms with E-state index in [-0.39, 0.29) is 18.5 Å². The molecule has 2 rings (SSSR count). The summed E-state index contributed by atoms with van der Waals surface area (Å²) >= 11 is 5.96. The van der Waals surface area contributed by atoms with Gasteiger partial charge in [-0.1, -0.05) is 55.8 Å². The van der Waals surface area contributed by atoms with Crippen molar-refractivity contribution in [3.63, 3.8) is 0 Å². The van der Waals surface area contributed by atoms with Crippen molar-refractivity contribution in [3.8, 4) is 0 Å². The average Bonchev–Trinajstić information content (AvgIpc) is 2.52. The number of amides is 1. The van der Waals surface area contributed by atoms with E-state index in [4.69, 9.17) is 11.6 Å². The van der Waals surface area contributed by atoms with Crippen molar-refractivity contribution in [3.05, 3.63) is 64.2 Å². The molecule has 0 spiro atoms. The molecule has 0 heterocycles. The van der Waals surface area contributed by atoms with Crippen LogP contribution in [0.1, 0.15) is 36.6 Å². The zero-order chi connectivity index (χ0) is 17.7. The molecule has 0 aromatic heterocycles. The Morgan fingerprint density at radius 2 is 1.62 bits per heavy atom. The lowest BCUT2D eigenvalue weighted by Gasteiger charge is -2.23. The third kappa shape index (κ3) is 4.83. The molecule has 0 aliphatic heterocycles. The van der Waals surface area contributed by atoms with E-state index >= 15 is 0 Å². The number of halogens is 1. The molecule has 128 valence electrons. The number of carbonyl (C=O) groups excluding carboxylic acids is 1. The van der Waals surface area contributed by atoms with Crippen LogP contribution in [0.3, 0.4) is 0 Å². The zero-order valence-electron chi connectivity index (χ0n) is 14.7. The Kier molecular flexibility index (Phi) is 6.41. The lowest BCUT2D eigenvalue weighted by Crippen LogP contribution is -2.33. The number of hydrogen-bond acceptors (Lipinski definition) is 2. The molecular formula is C20H25ClN2O. The number of aryl methyl sites for hydroxylation is 2. The van der Waals surface area contributed by atoms with Gasteiger partial charge in [0, 0.05) is 16.8 Å². The second-order valence-corrected chi connectivity index (χ2v) is 6.91. The van der Waals surface area contributed by atoms with Crippen molar-refractivity contribution >= 4 is 23.2 Å². The maximum atomic E-state index is 12.3. The molecule has 1 unspecified atom stereocenters. The molecular weight excluding hydrogens is 320 g/mol. The topological polar surface area (TPSA) is 41.1 Å². The molecule has 4 heteroatoms. The van der Waals surface area contributed by atoms with E-state index in [2.05, 4.69) is 24.5 Å². The first kappa shape index (κ1) is 18.5. The summed E-state index contributed by atoms with van der Waals surface area (Å²) in [5.41, 5.74) is 4.18. The van der Waals surface area contributed by atoms with Gasteiger partial charge in [0.05, 0.1) is 6.54 Å². The third-order valence-corrected chi connectivity index (χ3v) is 4.38. The highest BCUT2D eigenvalue weighted by atomic mass is 35.5. The third-order valence-electron chi connectivity index (χ3n) is 4.12. The fourth-order valence-corrected chi connectivity index (χ4v) is 2.93. The van der Waals surface area contributed by atoms with Crippen LogP contribution in [0.15, 0.2) is 42.5 Å². The van der Waals surface area contributed by atoms with Crippen molar-refractivity contribution in [2.75, 3.05) is 11.9 Å². The Bertz CT molecular complexity index is 675. The minimum Gasteiger partial charge on any atom is -0.324 e. The van der Waals surface area contributed by atoms with Crippen molar-refractivity contribution in [2.45, 2.75) is 33.7 Å². The zero-order valence-corrected chi connectivity index (χ0v) is 15.4. The SMILES string of the molecule is Cc1cccc(C)c1NC(=O)CNC(c1ccc(Cl)cc1)C(C)C. The Hall–Kier alpha value is -1.84. The number of carbonyl (C=O) groups is 1. The number of para-hydroxylation sites is 1. The highest BCUT2D eigenvalue weighted by molar-refractivity contribution is 6.30. The number of nitrogens with one attached hydrogen (secondary N) is 2. The number of rotatable bonds is 6. The largest absolute Gasteiger partial charge is 0.324 e. The van der Waals surface area contributed by atoms with Gasteiger partial charge in [0.1, 0.15) is 0 Å². The fourth-order valence-electron chi connectivity index (χ4n) is 2.81. The van der Waals surface area contributed by atoms with Gasteiger partial charge >= 0.3 is 0 Å². The average molecular weight is 345 g/mol. The fraction of sp³-hybridized carbons (Fsp3) is 0.350. The van der Waals surface area contributed by atoms with Gasteiger partial charge < -0.3 is 10.6 Å². The molecule has 0 radical (unpaired) electrons. The molecule has 0 aliphatic rings. The van der Waals surface area contributed by atoms with Crippen LogP contribution in [0.4, 0.5) is 5.69 Å². The molecule has 3 nitrogen and oxygen atoms in total. The Labute approximate surface area is 149 Å². The lowest BCUT2D eigenvalue weighted by molar-refractivity contribution is -0.115. The Morgan fingerprint density at radius 1 is 1.04 bits per heavy atom. The van der Waals surface area contributed by atoms with Crippen molar-refractivity contribution in [1.29, 1.82) is 0 Å². The first-order valence-corrected chi connectivity index (χ1v) is 8.61. The molecule has 2 aromatic carbocycles. The highest BCUT2D eigenvalue weighted by Crippen LogP contribution is 2.23.